The van der Waals surface area contributed by atoms with Crippen LogP contribution < -0.4 is 10.1 Å². The van der Waals surface area contributed by atoms with Crippen molar-refractivity contribution in [1.82, 2.24) is 15.2 Å². The van der Waals surface area contributed by atoms with Gasteiger partial charge in [0.25, 0.3) is 5.91 Å². The molecule has 1 aromatic heterocycles. The molecule has 4 rings (SSSR count). The van der Waals surface area contributed by atoms with Crippen LogP contribution in [0.2, 0.25) is 5.02 Å². The molecule has 7 nitrogen and oxygen atoms in total. The molecule has 3 N–H and O–H groups in total. The fourth-order valence-electron chi connectivity index (χ4n) is 4.28. The van der Waals surface area contributed by atoms with E-state index in [4.69, 9.17) is 21.1 Å². The Kier molecular flexibility index (Phi) is 8.11. The second-order valence-corrected chi connectivity index (χ2v) is 9.21. The number of halogens is 1. The van der Waals surface area contributed by atoms with Crippen LogP contribution in [0.5, 0.6) is 5.75 Å². The summed E-state index contributed by atoms with van der Waals surface area (Å²) in [6, 6.07) is 13.3. The summed E-state index contributed by atoms with van der Waals surface area (Å²) in [4.78, 5) is 17.8. The summed E-state index contributed by atoms with van der Waals surface area (Å²) < 4.78 is 11.4. The molecule has 1 amide bonds. The van der Waals surface area contributed by atoms with E-state index in [0.717, 1.165) is 28.5 Å². The van der Waals surface area contributed by atoms with Crippen molar-refractivity contribution in [3.8, 4) is 5.75 Å². The van der Waals surface area contributed by atoms with E-state index in [0.29, 0.717) is 43.6 Å². The van der Waals surface area contributed by atoms with Gasteiger partial charge in [-0.15, -0.1) is 0 Å². The van der Waals surface area contributed by atoms with E-state index in [-0.39, 0.29) is 11.9 Å². The highest BCUT2D eigenvalue weighted by atomic mass is 35.5. The van der Waals surface area contributed by atoms with Gasteiger partial charge in [-0.3, -0.25) is 4.79 Å². The number of hydrogen-bond donors (Lipinski definition) is 3. The van der Waals surface area contributed by atoms with Crippen molar-refractivity contribution in [2.45, 2.75) is 38.5 Å². The van der Waals surface area contributed by atoms with Gasteiger partial charge in [0.2, 0.25) is 0 Å². The van der Waals surface area contributed by atoms with Crippen molar-refractivity contribution in [2.24, 2.45) is 0 Å². The molecule has 0 unspecified atom stereocenters. The van der Waals surface area contributed by atoms with Crippen LogP contribution >= 0.6 is 11.6 Å². The molecule has 0 bridgehead atoms. The first-order valence-electron chi connectivity index (χ1n) is 11.7. The van der Waals surface area contributed by atoms with Gasteiger partial charge >= 0.3 is 0 Å². The fraction of sp³-hybridized carbons (Fsp3) is 0.423. The summed E-state index contributed by atoms with van der Waals surface area (Å²) in [6.07, 6.45) is 1.55. The zero-order chi connectivity index (χ0) is 24.1. The maximum absolute atomic E-state index is 12.7. The number of ether oxygens (including phenoxy) is 2. The van der Waals surface area contributed by atoms with Gasteiger partial charge < -0.3 is 29.8 Å². The predicted octanol–water partition coefficient (Wildman–Crippen LogP) is 3.70. The lowest BCUT2D eigenvalue weighted by Crippen LogP contribution is -2.46. The summed E-state index contributed by atoms with van der Waals surface area (Å²) in [5, 5.41) is 15.5. The molecule has 182 valence electrons. The Bertz CT molecular complexity index is 1110. The monoisotopic (exact) mass is 485 g/mol. The number of carbonyl (C=O) groups excluding carboxylic acids is 1. The Morgan fingerprint density at radius 1 is 1.24 bits per heavy atom. The number of hydrogen-bond acceptors (Lipinski definition) is 5. The number of amides is 1. The number of carbonyl (C=O) groups is 1. The van der Waals surface area contributed by atoms with Gasteiger partial charge in [-0.1, -0.05) is 35.9 Å². The molecule has 1 saturated heterocycles. The lowest BCUT2D eigenvalue weighted by molar-refractivity contribution is -0.142. The second kappa shape index (κ2) is 11.2. The third-order valence-electron chi connectivity index (χ3n) is 6.16. The van der Waals surface area contributed by atoms with Crippen LogP contribution in [0, 0.1) is 0 Å². The number of rotatable bonds is 9. The summed E-state index contributed by atoms with van der Waals surface area (Å²) in [5.74, 6) is 0.637. The summed E-state index contributed by atoms with van der Waals surface area (Å²) in [5.41, 5.74) is 2.82. The summed E-state index contributed by atoms with van der Waals surface area (Å²) in [7, 11) is 0. The number of aromatic amines is 1. The molecular formula is C26H32ClN3O4. The Hall–Kier alpha value is -2.58. The lowest BCUT2D eigenvalue weighted by Gasteiger charge is -2.29. The number of nitrogens with zero attached hydrogens (tertiary/aromatic N) is 1. The first-order valence-corrected chi connectivity index (χ1v) is 12.1. The molecule has 0 radical (unpaired) electrons. The SMILES string of the molecule is C[C@H](Cc1c[nH]c2c(O[C@H](C)C(=O)N3CCOCC3)cccc12)NC[C@H](O)c1cccc(Cl)c1. The van der Waals surface area contributed by atoms with Gasteiger partial charge in [0.05, 0.1) is 24.8 Å². The number of aromatic nitrogens is 1. The average molecular weight is 486 g/mol. The minimum absolute atomic E-state index is 0.0248. The number of aliphatic hydroxyl groups is 1. The lowest BCUT2D eigenvalue weighted by atomic mass is 10.0. The van der Waals surface area contributed by atoms with Crippen LogP contribution in [0.25, 0.3) is 10.9 Å². The van der Waals surface area contributed by atoms with Gasteiger partial charge in [0.1, 0.15) is 5.75 Å². The Labute approximate surface area is 205 Å². The zero-order valence-corrected chi connectivity index (χ0v) is 20.3. The van der Waals surface area contributed by atoms with Crippen molar-refractivity contribution >= 4 is 28.4 Å². The Morgan fingerprint density at radius 3 is 2.76 bits per heavy atom. The molecule has 2 aromatic carbocycles. The zero-order valence-electron chi connectivity index (χ0n) is 19.6. The van der Waals surface area contributed by atoms with E-state index in [1.807, 2.05) is 30.5 Å². The van der Waals surface area contributed by atoms with Crippen molar-refractivity contribution in [3.05, 3.63) is 64.8 Å². The van der Waals surface area contributed by atoms with E-state index in [1.165, 1.54) is 0 Å². The topological polar surface area (TPSA) is 86.8 Å². The van der Waals surface area contributed by atoms with Crippen molar-refractivity contribution in [2.75, 3.05) is 32.8 Å². The van der Waals surface area contributed by atoms with E-state index >= 15 is 0 Å². The highest BCUT2D eigenvalue weighted by Gasteiger charge is 2.24. The number of para-hydroxylation sites is 1. The largest absolute Gasteiger partial charge is 0.479 e. The molecular weight excluding hydrogens is 454 g/mol. The van der Waals surface area contributed by atoms with Crippen LogP contribution in [-0.2, 0) is 16.0 Å². The van der Waals surface area contributed by atoms with E-state index in [9.17, 15) is 9.90 Å². The Balaban J connectivity index is 1.37. The van der Waals surface area contributed by atoms with E-state index in [1.54, 1.807) is 24.0 Å². The highest BCUT2D eigenvalue weighted by molar-refractivity contribution is 6.30. The van der Waals surface area contributed by atoms with Crippen molar-refractivity contribution < 1.29 is 19.4 Å². The molecule has 3 aromatic rings. The molecule has 0 aliphatic carbocycles. The van der Waals surface area contributed by atoms with Gasteiger partial charge in [-0.25, -0.2) is 0 Å². The van der Waals surface area contributed by atoms with Crippen LogP contribution in [0.15, 0.2) is 48.7 Å². The molecule has 0 saturated carbocycles. The molecule has 1 aliphatic heterocycles. The van der Waals surface area contributed by atoms with Gasteiger partial charge in [-0.05, 0) is 49.6 Å². The van der Waals surface area contributed by atoms with Crippen molar-refractivity contribution in [3.63, 3.8) is 0 Å². The maximum atomic E-state index is 12.7. The molecule has 8 heteroatoms. The van der Waals surface area contributed by atoms with Crippen molar-refractivity contribution in [1.29, 1.82) is 0 Å². The van der Waals surface area contributed by atoms with Crippen LogP contribution in [0.3, 0.4) is 0 Å². The normalized spacial score (nSPS) is 16.9. The van der Waals surface area contributed by atoms with E-state index in [2.05, 4.69) is 23.3 Å². The fourth-order valence-corrected chi connectivity index (χ4v) is 4.48. The summed E-state index contributed by atoms with van der Waals surface area (Å²) in [6.45, 7) is 6.64. The third-order valence-corrected chi connectivity index (χ3v) is 6.39. The standard InChI is InChI=1S/C26H32ClN3O4/c1-17(28-16-23(31)19-5-3-6-21(27)14-19)13-20-15-29-25-22(20)7-4-8-24(25)34-18(2)26(32)30-9-11-33-12-10-30/h3-8,14-15,17-18,23,28-29,31H,9-13,16H2,1-2H3/t17-,18-,23+/m1/s1. The van der Waals surface area contributed by atoms with Crippen LogP contribution in [0.1, 0.15) is 31.1 Å². The van der Waals surface area contributed by atoms with Gasteiger partial charge in [-0.2, -0.15) is 0 Å². The minimum Gasteiger partial charge on any atom is -0.479 e. The molecule has 3 atom stereocenters. The first kappa shape index (κ1) is 24.5. The molecule has 1 aliphatic rings. The Morgan fingerprint density at radius 2 is 2.00 bits per heavy atom. The second-order valence-electron chi connectivity index (χ2n) is 8.77. The summed E-state index contributed by atoms with van der Waals surface area (Å²) >= 11 is 6.03. The maximum Gasteiger partial charge on any atom is 0.263 e. The molecule has 34 heavy (non-hydrogen) atoms. The van der Waals surface area contributed by atoms with Gasteiger partial charge in [0.15, 0.2) is 6.10 Å². The van der Waals surface area contributed by atoms with E-state index < -0.39 is 12.2 Å². The first-order chi connectivity index (χ1) is 16.4. The average Bonchev–Trinajstić information content (AvgIpc) is 3.26. The molecule has 2 heterocycles. The van der Waals surface area contributed by atoms with Crippen LogP contribution in [-0.4, -0.2) is 65.9 Å². The number of nitrogens with one attached hydrogen (secondary N) is 2. The smallest absolute Gasteiger partial charge is 0.263 e. The number of fused-ring (bicyclic) bond motifs is 1. The van der Waals surface area contributed by atoms with Crippen LogP contribution in [0.4, 0.5) is 0 Å². The number of H-pyrrole nitrogens is 1. The quantitative estimate of drug-likeness (QED) is 0.430. The predicted molar refractivity (Wildman–Crippen MR) is 133 cm³/mol. The number of morpholine rings is 1. The number of aliphatic hydroxyl groups excluding tert-OH is 1. The molecule has 1 fully saturated rings. The molecule has 0 spiro atoms. The minimum atomic E-state index is -0.630. The third kappa shape index (κ3) is 5.91. The number of benzene rings is 2. The highest BCUT2D eigenvalue weighted by Crippen LogP contribution is 2.29. The van der Waals surface area contributed by atoms with Gasteiger partial charge in [0, 0.05) is 42.3 Å².